The zero-order valence-corrected chi connectivity index (χ0v) is 16.2. The molecule has 30 heavy (non-hydrogen) atoms. The number of nitrogens with one attached hydrogen (secondary N) is 2. The minimum absolute atomic E-state index is 0.106. The summed E-state index contributed by atoms with van der Waals surface area (Å²) in [6.45, 7) is 3.33. The second kappa shape index (κ2) is 8.95. The maximum absolute atomic E-state index is 12.4. The van der Waals surface area contributed by atoms with Crippen LogP contribution in [-0.2, 0) is 0 Å². The second-order valence-electron chi connectivity index (χ2n) is 6.58. The number of aliphatic hydroxyl groups is 1. The van der Waals surface area contributed by atoms with Gasteiger partial charge in [0.05, 0.1) is 12.3 Å². The first-order chi connectivity index (χ1) is 14.2. The number of aromatic nitrogens is 3. The summed E-state index contributed by atoms with van der Waals surface area (Å²) in [5.74, 6) is 0.421. The Morgan fingerprint density at radius 3 is 2.47 bits per heavy atom. The predicted molar refractivity (Wildman–Crippen MR) is 107 cm³/mol. The van der Waals surface area contributed by atoms with Crippen molar-refractivity contribution in [2.45, 2.75) is 26.3 Å². The van der Waals surface area contributed by atoms with E-state index < -0.39 is 6.36 Å². The van der Waals surface area contributed by atoms with Crippen molar-refractivity contribution < 1.29 is 23.0 Å². The molecule has 3 rings (SSSR count). The fraction of sp³-hybridized carbons (Fsp3) is 0.250. The van der Waals surface area contributed by atoms with Gasteiger partial charge in [0.1, 0.15) is 11.6 Å². The summed E-state index contributed by atoms with van der Waals surface area (Å²) in [5.41, 5.74) is 2.52. The van der Waals surface area contributed by atoms with Crippen LogP contribution in [0.2, 0.25) is 0 Å². The number of ether oxygens (including phenoxy) is 1. The fourth-order valence-corrected chi connectivity index (χ4v) is 2.62. The smallest absolute Gasteiger partial charge is 0.406 e. The molecule has 3 aromatic rings. The lowest BCUT2D eigenvalue weighted by Crippen LogP contribution is -2.21. The molecule has 1 aromatic carbocycles. The zero-order chi connectivity index (χ0) is 21.7. The topological polar surface area (TPSA) is 92.2 Å². The van der Waals surface area contributed by atoms with Gasteiger partial charge in [-0.3, -0.25) is 4.98 Å². The first-order valence-corrected chi connectivity index (χ1v) is 9.04. The summed E-state index contributed by atoms with van der Waals surface area (Å²) in [6, 6.07) is 9.01. The number of anilines is 3. The van der Waals surface area contributed by atoms with Gasteiger partial charge >= 0.3 is 6.36 Å². The molecule has 2 aromatic heterocycles. The Morgan fingerprint density at radius 2 is 1.83 bits per heavy atom. The molecule has 0 bridgehead atoms. The molecule has 158 valence electrons. The lowest BCUT2D eigenvalue weighted by atomic mass is 10.1. The number of pyridine rings is 1. The summed E-state index contributed by atoms with van der Waals surface area (Å²) in [4.78, 5) is 12.8. The summed E-state index contributed by atoms with van der Waals surface area (Å²) in [5, 5.41) is 15.4. The molecule has 0 radical (unpaired) electrons. The van der Waals surface area contributed by atoms with E-state index in [-0.39, 0.29) is 18.4 Å². The Labute approximate surface area is 171 Å². The standard InChI is InChI=1S/C20H20F3N5O2/c1-12-9-15(30-20(21,22)23)3-4-16(12)26-18-10-17(14-5-7-24-8-6-14)27-19(28-18)25-13(2)11-29/h3-10,13,29H,11H2,1-2H3,(H2,25,26,27,28)/t13-/m0/s1. The molecule has 7 nitrogen and oxygen atoms in total. The van der Waals surface area contributed by atoms with E-state index in [2.05, 4.69) is 30.3 Å². The van der Waals surface area contributed by atoms with Crippen molar-refractivity contribution in [1.29, 1.82) is 0 Å². The minimum atomic E-state index is -4.75. The molecule has 1 atom stereocenters. The van der Waals surface area contributed by atoms with E-state index in [0.29, 0.717) is 28.7 Å². The molecule has 0 saturated heterocycles. The number of rotatable bonds is 7. The lowest BCUT2D eigenvalue weighted by molar-refractivity contribution is -0.274. The molecule has 10 heteroatoms. The maximum atomic E-state index is 12.4. The molecule has 0 saturated carbocycles. The molecule has 0 aliphatic rings. The highest BCUT2D eigenvalue weighted by molar-refractivity contribution is 5.68. The molecule has 0 spiro atoms. The van der Waals surface area contributed by atoms with Crippen LogP contribution in [0.4, 0.5) is 30.6 Å². The first-order valence-electron chi connectivity index (χ1n) is 9.04. The average molecular weight is 419 g/mol. The summed E-state index contributed by atoms with van der Waals surface area (Å²) >= 11 is 0. The van der Waals surface area contributed by atoms with Gasteiger partial charge in [-0.15, -0.1) is 13.2 Å². The number of hydrogen-bond donors (Lipinski definition) is 3. The van der Waals surface area contributed by atoms with Crippen LogP contribution in [0, 0.1) is 6.92 Å². The van der Waals surface area contributed by atoms with Gasteiger partial charge in [0.2, 0.25) is 5.95 Å². The molecule has 2 heterocycles. The van der Waals surface area contributed by atoms with E-state index >= 15 is 0 Å². The van der Waals surface area contributed by atoms with E-state index in [4.69, 9.17) is 0 Å². The van der Waals surface area contributed by atoms with Gasteiger partial charge in [-0.25, -0.2) is 4.98 Å². The number of aryl methyl sites for hydroxylation is 1. The van der Waals surface area contributed by atoms with Crippen LogP contribution in [0.15, 0.2) is 48.8 Å². The van der Waals surface area contributed by atoms with E-state index in [1.165, 1.54) is 18.2 Å². The molecular weight excluding hydrogens is 399 g/mol. The number of hydrogen-bond acceptors (Lipinski definition) is 7. The van der Waals surface area contributed by atoms with Crippen molar-refractivity contribution in [3.63, 3.8) is 0 Å². The van der Waals surface area contributed by atoms with E-state index in [1.54, 1.807) is 44.4 Å². The predicted octanol–water partition coefficient (Wildman–Crippen LogP) is 4.28. The summed E-state index contributed by atoms with van der Waals surface area (Å²) in [7, 11) is 0. The monoisotopic (exact) mass is 419 g/mol. The third-order valence-electron chi connectivity index (χ3n) is 4.05. The Morgan fingerprint density at radius 1 is 1.10 bits per heavy atom. The van der Waals surface area contributed by atoms with Gasteiger partial charge < -0.3 is 20.5 Å². The summed E-state index contributed by atoms with van der Waals surface area (Å²) in [6.07, 6.45) is -1.48. The second-order valence-corrected chi connectivity index (χ2v) is 6.58. The Kier molecular flexibility index (Phi) is 6.36. The van der Waals surface area contributed by atoms with Crippen LogP contribution < -0.4 is 15.4 Å². The number of alkyl halides is 3. The van der Waals surface area contributed by atoms with Crippen LogP contribution in [0.25, 0.3) is 11.3 Å². The van der Waals surface area contributed by atoms with Crippen molar-refractivity contribution in [2.75, 3.05) is 17.2 Å². The summed E-state index contributed by atoms with van der Waals surface area (Å²) < 4.78 is 41.2. The van der Waals surface area contributed by atoms with Gasteiger partial charge in [-0.1, -0.05) is 0 Å². The van der Waals surface area contributed by atoms with Gasteiger partial charge in [0, 0.05) is 35.8 Å². The minimum Gasteiger partial charge on any atom is -0.406 e. The number of benzene rings is 1. The van der Waals surface area contributed by atoms with Gasteiger partial charge in [-0.2, -0.15) is 4.98 Å². The van der Waals surface area contributed by atoms with Crippen molar-refractivity contribution >= 4 is 17.5 Å². The Hall–Kier alpha value is -3.40. The molecule has 0 amide bonds. The number of aliphatic hydroxyl groups excluding tert-OH is 1. The van der Waals surface area contributed by atoms with Crippen LogP contribution in [0.1, 0.15) is 12.5 Å². The van der Waals surface area contributed by atoms with E-state index in [0.717, 1.165) is 5.56 Å². The van der Waals surface area contributed by atoms with Crippen LogP contribution in [-0.4, -0.2) is 39.1 Å². The van der Waals surface area contributed by atoms with Crippen LogP contribution in [0.5, 0.6) is 5.75 Å². The maximum Gasteiger partial charge on any atom is 0.573 e. The van der Waals surface area contributed by atoms with Crippen molar-refractivity contribution in [3.8, 4) is 17.0 Å². The zero-order valence-electron chi connectivity index (χ0n) is 16.2. The highest BCUT2D eigenvalue weighted by atomic mass is 19.4. The van der Waals surface area contributed by atoms with Gasteiger partial charge in [0.15, 0.2) is 0 Å². The quantitative estimate of drug-likeness (QED) is 0.526. The van der Waals surface area contributed by atoms with Gasteiger partial charge in [-0.05, 0) is 49.7 Å². The third-order valence-corrected chi connectivity index (χ3v) is 4.05. The number of nitrogens with zero attached hydrogens (tertiary/aromatic N) is 3. The number of halogens is 3. The average Bonchev–Trinajstić information content (AvgIpc) is 2.69. The normalized spacial score (nSPS) is 12.3. The highest BCUT2D eigenvalue weighted by Gasteiger charge is 2.31. The first kappa shape index (κ1) is 21.3. The van der Waals surface area contributed by atoms with E-state index in [9.17, 15) is 18.3 Å². The fourth-order valence-electron chi connectivity index (χ4n) is 2.62. The SMILES string of the molecule is Cc1cc(OC(F)(F)F)ccc1Nc1cc(-c2ccncc2)nc(N[C@@H](C)CO)n1. The van der Waals surface area contributed by atoms with Crippen molar-refractivity contribution in [3.05, 3.63) is 54.4 Å². The molecule has 0 unspecified atom stereocenters. The Balaban J connectivity index is 1.92. The van der Waals surface area contributed by atoms with Gasteiger partial charge in [0.25, 0.3) is 0 Å². The molecular formula is C20H20F3N5O2. The largest absolute Gasteiger partial charge is 0.573 e. The molecule has 0 aliphatic heterocycles. The highest BCUT2D eigenvalue weighted by Crippen LogP contribution is 2.29. The third kappa shape index (κ3) is 5.80. The molecule has 0 aliphatic carbocycles. The van der Waals surface area contributed by atoms with Crippen LogP contribution >= 0.6 is 0 Å². The molecule has 0 fully saturated rings. The van der Waals surface area contributed by atoms with Crippen LogP contribution in [0.3, 0.4) is 0 Å². The van der Waals surface area contributed by atoms with Crippen molar-refractivity contribution in [2.24, 2.45) is 0 Å². The lowest BCUT2D eigenvalue weighted by Gasteiger charge is -2.16. The Bertz CT molecular complexity index is 999. The van der Waals surface area contributed by atoms with Crippen molar-refractivity contribution in [1.82, 2.24) is 15.0 Å². The van der Waals surface area contributed by atoms with E-state index in [1.807, 2.05) is 0 Å². The molecule has 3 N–H and O–H groups in total.